The third-order valence-electron chi connectivity index (χ3n) is 3.03. The molecule has 19 heavy (non-hydrogen) atoms. The molecule has 6 nitrogen and oxygen atoms in total. The Morgan fingerprint density at radius 2 is 2.26 bits per heavy atom. The van der Waals surface area contributed by atoms with Crippen molar-refractivity contribution in [3.63, 3.8) is 0 Å². The topological polar surface area (TPSA) is 80.6 Å². The van der Waals surface area contributed by atoms with Gasteiger partial charge in [-0.05, 0) is 36.3 Å². The third kappa shape index (κ3) is 3.38. The van der Waals surface area contributed by atoms with Crippen molar-refractivity contribution in [1.82, 2.24) is 10.0 Å². The quantitative estimate of drug-likeness (QED) is 0.832. The number of furan rings is 1. The monoisotopic (exact) mass is 352 g/mol. The highest BCUT2D eigenvalue weighted by Crippen LogP contribution is 2.27. The van der Waals surface area contributed by atoms with E-state index in [4.69, 9.17) is 9.15 Å². The molecule has 0 bridgehead atoms. The molecule has 108 valence electrons. The fourth-order valence-corrected chi connectivity index (χ4v) is 4.33. The van der Waals surface area contributed by atoms with Gasteiger partial charge in [0.25, 0.3) is 0 Å². The Bertz CT molecular complexity index is 543. The van der Waals surface area contributed by atoms with E-state index >= 15 is 0 Å². The summed E-state index contributed by atoms with van der Waals surface area (Å²) in [5.41, 5.74) is 0. The van der Waals surface area contributed by atoms with Crippen LogP contribution >= 0.6 is 15.9 Å². The van der Waals surface area contributed by atoms with Crippen LogP contribution < -0.4 is 10.0 Å². The summed E-state index contributed by atoms with van der Waals surface area (Å²) in [5.74, 6) is 0.561. The Morgan fingerprint density at radius 3 is 2.84 bits per heavy atom. The lowest BCUT2D eigenvalue weighted by Crippen LogP contribution is -2.39. The number of ether oxygens (including phenoxy) is 1. The van der Waals surface area contributed by atoms with Gasteiger partial charge in [0.15, 0.2) is 4.67 Å². The standard InChI is InChI=1S/C11H17BrN2O4S/c1-7-9(3-4-17-7)14-19(15,16)10-5-8(6-13-2)18-11(10)12/h5,7,9,13-14H,3-4,6H2,1-2H3. The maximum Gasteiger partial charge on any atom is 0.245 e. The first kappa shape index (κ1) is 15.0. The maximum absolute atomic E-state index is 12.3. The van der Waals surface area contributed by atoms with Gasteiger partial charge in [-0.25, -0.2) is 13.1 Å². The van der Waals surface area contributed by atoms with Crippen molar-refractivity contribution in [1.29, 1.82) is 0 Å². The highest BCUT2D eigenvalue weighted by Gasteiger charge is 2.31. The molecule has 2 heterocycles. The van der Waals surface area contributed by atoms with Gasteiger partial charge in [-0.2, -0.15) is 0 Å². The zero-order chi connectivity index (χ0) is 14.0. The van der Waals surface area contributed by atoms with Crippen LogP contribution in [0.25, 0.3) is 0 Å². The van der Waals surface area contributed by atoms with Gasteiger partial charge in [0.1, 0.15) is 10.7 Å². The summed E-state index contributed by atoms with van der Waals surface area (Å²) in [6.07, 6.45) is 0.566. The van der Waals surface area contributed by atoms with E-state index in [9.17, 15) is 8.42 Å². The molecule has 1 aromatic heterocycles. The van der Waals surface area contributed by atoms with Gasteiger partial charge in [0, 0.05) is 12.7 Å². The Hall–Kier alpha value is -0.410. The van der Waals surface area contributed by atoms with E-state index in [1.807, 2.05) is 6.92 Å². The average Bonchev–Trinajstić information content (AvgIpc) is 2.87. The Balaban J connectivity index is 2.19. The van der Waals surface area contributed by atoms with Crippen molar-refractivity contribution < 1.29 is 17.6 Å². The second-order valence-electron chi connectivity index (χ2n) is 4.47. The van der Waals surface area contributed by atoms with Crippen molar-refractivity contribution in [3.8, 4) is 0 Å². The number of nitrogens with one attached hydrogen (secondary N) is 2. The van der Waals surface area contributed by atoms with E-state index in [0.717, 1.165) is 0 Å². The lowest BCUT2D eigenvalue weighted by molar-refractivity contribution is 0.117. The highest BCUT2D eigenvalue weighted by atomic mass is 79.9. The van der Waals surface area contributed by atoms with Gasteiger partial charge in [-0.3, -0.25) is 0 Å². The van der Waals surface area contributed by atoms with E-state index in [1.165, 1.54) is 6.07 Å². The van der Waals surface area contributed by atoms with Gasteiger partial charge in [-0.1, -0.05) is 0 Å². The molecule has 0 radical (unpaired) electrons. The minimum atomic E-state index is -3.60. The minimum Gasteiger partial charge on any atom is -0.452 e. The predicted molar refractivity (Wildman–Crippen MR) is 73.3 cm³/mol. The predicted octanol–water partition coefficient (Wildman–Crippen LogP) is 1.22. The molecule has 1 aliphatic rings. The summed E-state index contributed by atoms with van der Waals surface area (Å²) in [6.45, 7) is 2.90. The zero-order valence-electron chi connectivity index (χ0n) is 10.8. The van der Waals surface area contributed by atoms with Crippen LogP contribution in [0.4, 0.5) is 0 Å². The van der Waals surface area contributed by atoms with Crippen LogP contribution in [0.2, 0.25) is 0 Å². The van der Waals surface area contributed by atoms with Crippen molar-refractivity contribution in [3.05, 3.63) is 16.5 Å². The van der Waals surface area contributed by atoms with Gasteiger partial charge in [0.05, 0.1) is 18.7 Å². The van der Waals surface area contributed by atoms with E-state index in [-0.39, 0.29) is 21.7 Å². The van der Waals surface area contributed by atoms with E-state index in [2.05, 4.69) is 26.0 Å². The summed E-state index contributed by atoms with van der Waals surface area (Å²) < 4.78 is 38.1. The van der Waals surface area contributed by atoms with E-state index < -0.39 is 10.0 Å². The Labute approximate surface area is 121 Å². The molecule has 0 aromatic carbocycles. The van der Waals surface area contributed by atoms with Crippen molar-refractivity contribution in [2.24, 2.45) is 0 Å². The van der Waals surface area contributed by atoms with Gasteiger partial charge in [0.2, 0.25) is 10.0 Å². The van der Waals surface area contributed by atoms with Gasteiger partial charge >= 0.3 is 0 Å². The van der Waals surface area contributed by atoms with Gasteiger partial charge in [-0.15, -0.1) is 0 Å². The van der Waals surface area contributed by atoms with Gasteiger partial charge < -0.3 is 14.5 Å². The van der Waals surface area contributed by atoms with Crippen LogP contribution in [0.3, 0.4) is 0 Å². The van der Waals surface area contributed by atoms with Crippen LogP contribution in [-0.4, -0.2) is 34.2 Å². The highest BCUT2D eigenvalue weighted by molar-refractivity contribution is 9.10. The summed E-state index contributed by atoms with van der Waals surface area (Å²) in [4.78, 5) is 0.122. The molecule has 1 fully saturated rings. The number of halogens is 1. The Kier molecular flexibility index (Phi) is 4.67. The first-order valence-corrected chi connectivity index (χ1v) is 8.28. The normalized spacial score (nSPS) is 23.9. The number of hydrogen-bond donors (Lipinski definition) is 2. The van der Waals surface area contributed by atoms with E-state index in [1.54, 1.807) is 7.05 Å². The summed E-state index contributed by atoms with van der Waals surface area (Å²) >= 11 is 3.14. The molecule has 0 saturated carbocycles. The minimum absolute atomic E-state index is 0.114. The zero-order valence-corrected chi connectivity index (χ0v) is 13.2. The molecule has 1 aliphatic heterocycles. The first-order valence-electron chi connectivity index (χ1n) is 6.01. The number of hydrogen-bond acceptors (Lipinski definition) is 5. The summed E-state index contributed by atoms with van der Waals surface area (Å²) in [5, 5.41) is 2.91. The molecule has 2 atom stereocenters. The van der Waals surface area contributed by atoms with Crippen molar-refractivity contribution in [2.75, 3.05) is 13.7 Å². The molecule has 0 spiro atoms. The molecule has 1 aromatic rings. The lowest BCUT2D eigenvalue weighted by Gasteiger charge is -2.15. The maximum atomic E-state index is 12.3. The molecule has 1 saturated heterocycles. The SMILES string of the molecule is CNCc1cc(S(=O)(=O)NC2CCOC2C)c(Br)o1. The van der Waals surface area contributed by atoms with Crippen LogP contribution in [0.15, 0.2) is 20.0 Å². The van der Waals surface area contributed by atoms with Crippen LogP contribution in [0, 0.1) is 0 Å². The molecule has 0 aliphatic carbocycles. The molecular weight excluding hydrogens is 336 g/mol. The van der Waals surface area contributed by atoms with E-state index in [0.29, 0.717) is 25.3 Å². The molecule has 2 N–H and O–H groups in total. The first-order chi connectivity index (χ1) is 8.94. The second-order valence-corrected chi connectivity index (χ2v) is 6.88. The molecule has 0 amide bonds. The molecule has 2 rings (SSSR count). The number of rotatable bonds is 5. The largest absolute Gasteiger partial charge is 0.452 e. The fraction of sp³-hybridized carbons (Fsp3) is 0.636. The lowest BCUT2D eigenvalue weighted by atomic mass is 10.2. The van der Waals surface area contributed by atoms with Crippen molar-refractivity contribution in [2.45, 2.75) is 36.9 Å². The smallest absolute Gasteiger partial charge is 0.245 e. The average molecular weight is 353 g/mol. The second kappa shape index (κ2) is 5.92. The Morgan fingerprint density at radius 1 is 1.53 bits per heavy atom. The summed E-state index contributed by atoms with van der Waals surface area (Å²) in [6, 6.07) is 1.32. The number of sulfonamides is 1. The van der Waals surface area contributed by atoms with Crippen LogP contribution in [0.1, 0.15) is 19.1 Å². The van der Waals surface area contributed by atoms with Crippen LogP contribution in [0.5, 0.6) is 0 Å². The van der Waals surface area contributed by atoms with Crippen LogP contribution in [-0.2, 0) is 21.3 Å². The molecular formula is C11H17BrN2O4S. The van der Waals surface area contributed by atoms with Crippen molar-refractivity contribution >= 4 is 26.0 Å². The third-order valence-corrected chi connectivity index (χ3v) is 5.38. The summed E-state index contributed by atoms with van der Waals surface area (Å²) in [7, 11) is -1.84. The molecule has 8 heteroatoms. The fourth-order valence-electron chi connectivity index (χ4n) is 1.99. The molecule has 2 unspecified atom stereocenters.